The van der Waals surface area contributed by atoms with Gasteiger partial charge in [0, 0.05) is 52.0 Å². The summed E-state index contributed by atoms with van der Waals surface area (Å²) < 4.78 is 14.1. The first-order valence-corrected chi connectivity index (χ1v) is 11.0. The van der Waals surface area contributed by atoms with Gasteiger partial charge in [0.25, 0.3) is 0 Å². The van der Waals surface area contributed by atoms with Crippen molar-refractivity contribution in [2.45, 2.75) is 26.3 Å². The Kier molecular flexibility index (Phi) is 8.74. The van der Waals surface area contributed by atoms with E-state index in [1.807, 2.05) is 24.4 Å². The molecule has 0 atom stereocenters. The first-order valence-electron chi connectivity index (χ1n) is 11.0. The molecule has 2 saturated heterocycles. The second-order valence-electron chi connectivity index (χ2n) is 7.81. The molecule has 2 aliphatic heterocycles. The summed E-state index contributed by atoms with van der Waals surface area (Å²) in [6, 6.07) is 11.2. The van der Waals surface area contributed by atoms with E-state index >= 15 is 0 Å². The van der Waals surface area contributed by atoms with Crippen molar-refractivity contribution >= 4 is 41.4 Å². The Morgan fingerprint density at radius 1 is 1.03 bits per heavy atom. The Bertz CT molecular complexity index is 863. The number of guanidine groups is 1. The van der Waals surface area contributed by atoms with Gasteiger partial charge in [0.1, 0.15) is 11.6 Å². The highest BCUT2D eigenvalue weighted by Crippen LogP contribution is 2.21. The lowest BCUT2D eigenvalue weighted by molar-refractivity contribution is 0.370. The van der Waals surface area contributed by atoms with Crippen molar-refractivity contribution in [3.05, 3.63) is 54.0 Å². The van der Waals surface area contributed by atoms with Crippen LogP contribution in [0.1, 0.15) is 25.3 Å². The van der Waals surface area contributed by atoms with Crippen LogP contribution in [0.5, 0.6) is 0 Å². The molecular formula is C23H32FIN6. The molecule has 0 saturated carbocycles. The monoisotopic (exact) mass is 538 g/mol. The highest BCUT2D eigenvalue weighted by molar-refractivity contribution is 14.0. The van der Waals surface area contributed by atoms with Crippen LogP contribution >= 0.6 is 24.0 Å². The lowest BCUT2D eigenvalue weighted by Crippen LogP contribution is -2.52. The number of nitrogens with zero attached hydrogens (tertiary/aromatic N) is 5. The number of piperazine rings is 1. The molecule has 0 radical (unpaired) electrons. The topological polar surface area (TPSA) is 47.0 Å². The van der Waals surface area contributed by atoms with E-state index in [1.165, 1.54) is 24.5 Å². The van der Waals surface area contributed by atoms with Crippen LogP contribution in [0.3, 0.4) is 0 Å². The van der Waals surface area contributed by atoms with Crippen LogP contribution in [-0.4, -0.2) is 61.7 Å². The quantitative estimate of drug-likeness (QED) is 0.357. The third kappa shape index (κ3) is 5.99. The zero-order valence-corrected chi connectivity index (χ0v) is 20.5. The predicted molar refractivity (Wildman–Crippen MR) is 136 cm³/mol. The van der Waals surface area contributed by atoms with Gasteiger partial charge >= 0.3 is 0 Å². The molecule has 2 aromatic rings. The molecule has 0 unspecified atom stereocenters. The van der Waals surface area contributed by atoms with Crippen LogP contribution in [0.2, 0.25) is 0 Å². The van der Waals surface area contributed by atoms with Gasteiger partial charge in [-0.05, 0) is 49.6 Å². The minimum Gasteiger partial charge on any atom is -0.366 e. The van der Waals surface area contributed by atoms with E-state index < -0.39 is 0 Å². The maximum Gasteiger partial charge on any atom is 0.194 e. The van der Waals surface area contributed by atoms with Crippen LogP contribution in [0.4, 0.5) is 15.9 Å². The molecule has 0 aliphatic carbocycles. The van der Waals surface area contributed by atoms with Gasteiger partial charge in [-0.3, -0.25) is 0 Å². The third-order valence-electron chi connectivity index (χ3n) is 5.76. The molecule has 6 nitrogen and oxygen atoms in total. The van der Waals surface area contributed by atoms with Gasteiger partial charge in [-0.1, -0.05) is 12.1 Å². The first-order chi connectivity index (χ1) is 14.7. The number of hydrogen-bond acceptors (Lipinski definition) is 4. The van der Waals surface area contributed by atoms with Gasteiger partial charge < -0.3 is 20.0 Å². The average Bonchev–Trinajstić information content (AvgIpc) is 3.33. The number of benzene rings is 1. The van der Waals surface area contributed by atoms with E-state index in [2.05, 4.69) is 38.0 Å². The normalized spacial score (nSPS) is 17.0. The molecule has 1 N–H and O–H groups in total. The largest absolute Gasteiger partial charge is 0.366 e. The minimum atomic E-state index is -0.155. The summed E-state index contributed by atoms with van der Waals surface area (Å²) in [7, 11) is 0. The van der Waals surface area contributed by atoms with Crippen molar-refractivity contribution in [2.24, 2.45) is 4.99 Å². The fourth-order valence-corrected chi connectivity index (χ4v) is 4.14. The zero-order chi connectivity index (χ0) is 20.8. The van der Waals surface area contributed by atoms with Crippen molar-refractivity contribution in [3.8, 4) is 0 Å². The summed E-state index contributed by atoms with van der Waals surface area (Å²) in [6.07, 6.45) is 4.37. The highest BCUT2D eigenvalue weighted by atomic mass is 127. The van der Waals surface area contributed by atoms with Gasteiger partial charge in [0.2, 0.25) is 0 Å². The SMILES string of the molecule is CCNC(=NCc1ccnc(N2CCCC2)c1)N1CCN(c2ccccc2F)CC1.I. The molecule has 0 spiro atoms. The second-order valence-corrected chi connectivity index (χ2v) is 7.81. The van der Waals surface area contributed by atoms with Crippen molar-refractivity contribution in [3.63, 3.8) is 0 Å². The van der Waals surface area contributed by atoms with Crippen molar-refractivity contribution < 1.29 is 4.39 Å². The van der Waals surface area contributed by atoms with Crippen LogP contribution in [-0.2, 0) is 6.54 Å². The Morgan fingerprint density at radius 2 is 1.77 bits per heavy atom. The maximum atomic E-state index is 14.1. The van der Waals surface area contributed by atoms with Crippen molar-refractivity contribution in [1.82, 2.24) is 15.2 Å². The van der Waals surface area contributed by atoms with E-state index in [4.69, 9.17) is 4.99 Å². The zero-order valence-electron chi connectivity index (χ0n) is 18.1. The number of aliphatic imine (C=N–C) groups is 1. The molecular weight excluding hydrogens is 506 g/mol. The number of hydrogen-bond donors (Lipinski definition) is 1. The summed E-state index contributed by atoms with van der Waals surface area (Å²) in [5, 5.41) is 3.42. The lowest BCUT2D eigenvalue weighted by Gasteiger charge is -2.37. The summed E-state index contributed by atoms with van der Waals surface area (Å²) in [4.78, 5) is 16.1. The van der Waals surface area contributed by atoms with Crippen LogP contribution in [0.15, 0.2) is 47.6 Å². The van der Waals surface area contributed by atoms with Gasteiger partial charge in [0.05, 0.1) is 12.2 Å². The first kappa shape index (κ1) is 23.6. The number of aromatic nitrogens is 1. The number of para-hydroxylation sites is 1. The summed E-state index contributed by atoms with van der Waals surface area (Å²) in [6.45, 7) is 8.90. The van der Waals surface area contributed by atoms with E-state index in [0.29, 0.717) is 12.2 Å². The molecule has 168 valence electrons. The molecule has 4 rings (SSSR count). The van der Waals surface area contributed by atoms with Gasteiger partial charge in [-0.25, -0.2) is 14.4 Å². The smallest absolute Gasteiger partial charge is 0.194 e. The molecule has 2 fully saturated rings. The molecule has 1 aromatic carbocycles. The van der Waals surface area contributed by atoms with E-state index in [0.717, 1.165) is 57.6 Å². The van der Waals surface area contributed by atoms with Crippen LogP contribution in [0, 0.1) is 5.82 Å². The number of rotatable bonds is 5. The molecule has 3 heterocycles. The Morgan fingerprint density at radius 3 is 2.48 bits per heavy atom. The molecule has 8 heteroatoms. The lowest BCUT2D eigenvalue weighted by atomic mass is 10.2. The third-order valence-corrected chi connectivity index (χ3v) is 5.76. The number of pyridine rings is 1. The molecule has 31 heavy (non-hydrogen) atoms. The molecule has 1 aromatic heterocycles. The fourth-order valence-electron chi connectivity index (χ4n) is 4.14. The number of halogens is 2. The Labute approximate surface area is 201 Å². The van der Waals surface area contributed by atoms with E-state index in [-0.39, 0.29) is 29.8 Å². The standard InChI is InChI=1S/C23H31FN6.HI/c1-2-25-23(27-18-19-9-10-26-22(17-19)29-11-5-6-12-29)30-15-13-28(14-16-30)21-8-4-3-7-20(21)24;/h3-4,7-10,17H,2,5-6,11-16,18H2,1H3,(H,25,27);1H. The highest BCUT2D eigenvalue weighted by Gasteiger charge is 2.21. The van der Waals surface area contributed by atoms with Crippen molar-refractivity contribution in [1.29, 1.82) is 0 Å². The molecule has 0 bridgehead atoms. The van der Waals surface area contributed by atoms with E-state index in [9.17, 15) is 4.39 Å². The van der Waals surface area contributed by atoms with E-state index in [1.54, 1.807) is 6.07 Å². The Balaban J connectivity index is 0.00000272. The molecule has 0 amide bonds. The maximum absolute atomic E-state index is 14.1. The van der Waals surface area contributed by atoms with Gasteiger partial charge in [0.15, 0.2) is 5.96 Å². The average molecular weight is 538 g/mol. The fraction of sp³-hybridized carbons (Fsp3) is 0.478. The summed E-state index contributed by atoms with van der Waals surface area (Å²) in [5.74, 6) is 1.83. The number of nitrogens with one attached hydrogen (secondary N) is 1. The van der Waals surface area contributed by atoms with Crippen LogP contribution < -0.4 is 15.1 Å². The van der Waals surface area contributed by atoms with Gasteiger partial charge in [-0.2, -0.15) is 0 Å². The van der Waals surface area contributed by atoms with Crippen molar-refractivity contribution in [2.75, 3.05) is 55.6 Å². The minimum absolute atomic E-state index is 0. The van der Waals surface area contributed by atoms with Crippen LogP contribution in [0.25, 0.3) is 0 Å². The predicted octanol–water partition coefficient (Wildman–Crippen LogP) is 3.73. The number of anilines is 2. The second kappa shape index (κ2) is 11.5. The molecule has 2 aliphatic rings. The summed E-state index contributed by atoms with van der Waals surface area (Å²) >= 11 is 0. The summed E-state index contributed by atoms with van der Waals surface area (Å²) in [5.41, 5.74) is 1.86. The Hall–Kier alpha value is -2.10. The van der Waals surface area contributed by atoms with Gasteiger partial charge in [-0.15, -0.1) is 24.0 Å².